The molecule has 0 aromatic heterocycles. The monoisotopic (exact) mass is 363 g/mol. The summed E-state index contributed by atoms with van der Waals surface area (Å²) < 4.78 is 5.84. The smallest absolute Gasteiger partial charge is 0.221 e. The van der Waals surface area contributed by atoms with Gasteiger partial charge in [0.2, 0.25) is 5.91 Å². The number of aliphatic hydroxyl groups excluding tert-OH is 1. The molecule has 0 saturated carbocycles. The standard InChI is InChI=1S/C20H33N3O3/c1-17(23-12-2-3-13-23)18-6-4-7-19(16-18)26-15-5-9-22-20(25)8-10-21-11-14-24/h4,6-7,16-17,21,24H,2-3,5,8-15H2,1H3,(H,22,25). The van der Waals surface area contributed by atoms with Gasteiger partial charge in [0, 0.05) is 32.1 Å². The Morgan fingerprint density at radius 1 is 1.27 bits per heavy atom. The predicted octanol–water partition coefficient (Wildman–Crippen LogP) is 1.70. The fraction of sp³-hybridized carbons (Fsp3) is 0.650. The molecule has 0 radical (unpaired) electrons. The zero-order valence-electron chi connectivity index (χ0n) is 15.9. The molecule has 6 nitrogen and oxygen atoms in total. The van der Waals surface area contributed by atoms with Crippen LogP contribution in [0.25, 0.3) is 0 Å². The van der Waals surface area contributed by atoms with Gasteiger partial charge in [-0.15, -0.1) is 0 Å². The highest BCUT2D eigenvalue weighted by molar-refractivity contribution is 5.75. The molecule has 1 aromatic rings. The fourth-order valence-corrected chi connectivity index (χ4v) is 3.19. The van der Waals surface area contributed by atoms with E-state index < -0.39 is 0 Å². The summed E-state index contributed by atoms with van der Waals surface area (Å²) in [6.45, 7) is 7.03. The molecule has 2 rings (SSSR count). The molecule has 0 spiro atoms. The van der Waals surface area contributed by atoms with Crippen molar-refractivity contribution in [1.29, 1.82) is 0 Å². The molecule has 1 aliphatic rings. The van der Waals surface area contributed by atoms with E-state index >= 15 is 0 Å². The Hall–Kier alpha value is -1.63. The first kappa shape index (κ1) is 20.7. The number of carbonyl (C=O) groups is 1. The maximum absolute atomic E-state index is 11.6. The third kappa shape index (κ3) is 7.32. The molecule has 6 heteroatoms. The Kier molecular flexibility index (Phi) is 9.45. The summed E-state index contributed by atoms with van der Waals surface area (Å²) in [7, 11) is 0. The molecular formula is C20H33N3O3. The molecule has 3 N–H and O–H groups in total. The van der Waals surface area contributed by atoms with Gasteiger partial charge in [0.25, 0.3) is 0 Å². The van der Waals surface area contributed by atoms with E-state index in [-0.39, 0.29) is 12.5 Å². The number of amides is 1. The summed E-state index contributed by atoms with van der Waals surface area (Å²) in [5.74, 6) is 0.921. The quantitative estimate of drug-likeness (QED) is 0.493. The minimum absolute atomic E-state index is 0.0249. The van der Waals surface area contributed by atoms with E-state index in [0.29, 0.717) is 38.7 Å². The highest BCUT2D eigenvalue weighted by Crippen LogP contribution is 2.26. The molecule has 1 heterocycles. The highest BCUT2D eigenvalue weighted by Gasteiger charge is 2.19. The average molecular weight is 364 g/mol. The van der Waals surface area contributed by atoms with Gasteiger partial charge in [-0.05, 0) is 57.0 Å². The zero-order valence-corrected chi connectivity index (χ0v) is 15.9. The number of benzene rings is 1. The van der Waals surface area contributed by atoms with Crippen molar-refractivity contribution in [3.8, 4) is 5.75 Å². The normalized spacial score (nSPS) is 15.8. The number of nitrogens with one attached hydrogen (secondary N) is 2. The maximum Gasteiger partial charge on any atom is 0.221 e. The number of hydrogen-bond donors (Lipinski definition) is 3. The van der Waals surface area contributed by atoms with Crippen molar-refractivity contribution in [3.05, 3.63) is 29.8 Å². The lowest BCUT2D eigenvalue weighted by Gasteiger charge is -2.24. The van der Waals surface area contributed by atoms with Crippen molar-refractivity contribution < 1.29 is 14.6 Å². The van der Waals surface area contributed by atoms with Crippen LogP contribution in [0.2, 0.25) is 0 Å². The highest BCUT2D eigenvalue weighted by atomic mass is 16.5. The molecule has 0 bridgehead atoms. The topological polar surface area (TPSA) is 73.8 Å². The van der Waals surface area contributed by atoms with Gasteiger partial charge in [-0.2, -0.15) is 0 Å². The fourth-order valence-electron chi connectivity index (χ4n) is 3.19. The third-order valence-electron chi connectivity index (χ3n) is 4.76. The number of rotatable bonds is 12. The maximum atomic E-state index is 11.6. The lowest BCUT2D eigenvalue weighted by molar-refractivity contribution is -0.121. The van der Waals surface area contributed by atoms with Crippen molar-refractivity contribution >= 4 is 5.91 Å². The van der Waals surface area contributed by atoms with E-state index in [0.717, 1.165) is 12.2 Å². The van der Waals surface area contributed by atoms with Crippen LogP contribution in [0.1, 0.15) is 44.2 Å². The molecule has 1 fully saturated rings. The molecule has 1 saturated heterocycles. The van der Waals surface area contributed by atoms with Crippen molar-refractivity contribution in [2.75, 3.05) is 45.9 Å². The summed E-state index contributed by atoms with van der Waals surface area (Å²) in [6.07, 6.45) is 3.80. The average Bonchev–Trinajstić information content (AvgIpc) is 3.19. The van der Waals surface area contributed by atoms with E-state index in [2.05, 4.69) is 40.7 Å². The Balaban J connectivity index is 1.62. The third-order valence-corrected chi connectivity index (χ3v) is 4.76. The van der Waals surface area contributed by atoms with Gasteiger partial charge in [-0.1, -0.05) is 12.1 Å². The van der Waals surface area contributed by atoms with Crippen molar-refractivity contribution in [2.45, 2.75) is 38.6 Å². The molecule has 1 aliphatic heterocycles. The first-order valence-electron chi connectivity index (χ1n) is 9.76. The Bertz CT molecular complexity index is 533. The van der Waals surface area contributed by atoms with Crippen LogP contribution in [0.4, 0.5) is 0 Å². The van der Waals surface area contributed by atoms with Crippen LogP contribution < -0.4 is 15.4 Å². The van der Waals surface area contributed by atoms with Crippen LogP contribution in [0.15, 0.2) is 24.3 Å². The van der Waals surface area contributed by atoms with Crippen LogP contribution in [-0.2, 0) is 4.79 Å². The predicted molar refractivity (Wildman–Crippen MR) is 103 cm³/mol. The van der Waals surface area contributed by atoms with E-state index in [4.69, 9.17) is 9.84 Å². The molecule has 146 valence electrons. The lowest BCUT2D eigenvalue weighted by atomic mass is 10.1. The van der Waals surface area contributed by atoms with Gasteiger partial charge in [-0.25, -0.2) is 0 Å². The van der Waals surface area contributed by atoms with Gasteiger partial charge in [0.1, 0.15) is 5.75 Å². The molecule has 1 unspecified atom stereocenters. The summed E-state index contributed by atoms with van der Waals surface area (Å²) >= 11 is 0. The van der Waals surface area contributed by atoms with E-state index in [9.17, 15) is 4.79 Å². The lowest BCUT2D eigenvalue weighted by Crippen LogP contribution is -2.29. The molecule has 1 atom stereocenters. The molecule has 1 amide bonds. The second-order valence-corrected chi connectivity index (χ2v) is 6.77. The summed E-state index contributed by atoms with van der Waals surface area (Å²) in [5, 5.41) is 14.5. The minimum atomic E-state index is 0.0249. The second-order valence-electron chi connectivity index (χ2n) is 6.77. The number of ether oxygens (including phenoxy) is 1. The van der Waals surface area contributed by atoms with Crippen LogP contribution >= 0.6 is 0 Å². The summed E-state index contributed by atoms with van der Waals surface area (Å²) in [4.78, 5) is 14.1. The van der Waals surface area contributed by atoms with Crippen LogP contribution in [0.5, 0.6) is 5.75 Å². The van der Waals surface area contributed by atoms with Gasteiger partial charge >= 0.3 is 0 Å². The summed E-state index contributed by atoms with van der Waals surface area (Å²) in [6, 6.07) is 8.78. The number of hydrogen-bond acceptors (Lipinski definition) is 5. The molecular weight excluding hydrogens is 330 g/mol. The Morgan fingerprint density at radius 3 is 2.85 bits per heavy atom. The van der Waals surface area contributed by atoms with Crippen LogP contribution in [0.3, 0.4) is 0 Å². The van der Waals surface area contributed by atoms with Gasteiger partial charge in [0.05, 0.1) is 13.2 Å². The van der Waals surface area contributed by atoms with Gasteiger partial charge in [-0.3, -0.25) is 9.69 Å². The zero-order chi connectivity index (χ0) is 18.6. The van der Waals surface area contributed by atoms with Gasteiger partial charge in [0.15, 0.2) is 0 Å². The van der Waals surface area contributed by atoms with Crippen molar-refractivity contribution in [2.24, 2.45) is 0 Å². The van der Waals surface area contributed by atoms with Crippen LogP contribution in [0, 0.1) is 0 Å². The number of carbonyl (C=O) groups excluding carboxylic acids is 1. The van der Waals surface area contributed by atoms with Gasteiger partial charge < -0.3 is 20.5 Å². The Morgan fingerprint density at radius 2 is 2.08 bits per heavy atom. The molecule has 26 heavy (non-hydrogen) atoms. The molecule has 1 aromatic carbocycles. The SMILES string of the molecule is CC(c1cccc(OCCCNC(=O)CCNCCO)c1)N1CCCC1. The van der Waals surface area contributed by atoms with E-state index in [1.807, 2.05) is 6.07 Å². The first-order valence-corrected chi connectivity index (χ1v) is 9.76. The molecule has 0 aliphatic carbocycles. The van der Waals surface area contributed by atoms with E-state index in [1.165, 1.54) is 31.5 Å². The van der Waals surface area contributed by atoms with Crippen LogP contribution in [-0.4, -0.2) is 61.9 Å². The van der Waals surface area contributed by atoms with Crippen molar-refractivity contribution in [1.82, 2.24) is 15.5 Å². The second kappa shape index (κ2) is 11.9. The number of nitrogens with zero attached hydrogens (tertiary/aromatic N) is 1. The summed E-state index contributed by atoms with van der Waals surface area (Å²) in [5.41, 5.74) is 1.30. The Labute approximate surface area is 156 Å². The first-order chi connectivity index (χ1) is 12.7. The van der Waals surface area contributed by atoms with Crippen molar-refractivity contribution in [3.63, 3.8) is 0 Å². The number of likely N-dealkylation sites (tertiary alicyclic amines) is 1. The largest absolute Gasteiger partial charge is 0.494 e. The minimum Gasteiger partial charge on any atom is -0.494 e. The number of aliphatic hydroxyl groups is 1. The van der Waals surface area contributed by atoms with E-state index in [1.54, 1.807) is 0 Å².